The lowest BCUT2D eigenvalue weighted by Crippen LogP contribution is -2.45. The van der Waals surface area contributed by atoms with Gasteiger partial charge in [-0.3, -0.25) is 14.5 Å². The molecule has 0 saturated heterocycles. The fraction of sp³-hybridized carbons (Fsp3) is 0.444. The summed E-state index contributed by atoms with van der Waals surface area (Å²) in [7, 11) is 0. The molecular formula is C18H23N5O3. The zero-order chi connectivity index (χ0) is 18.7. The van der Waals surface area contributed by atoms with E-state index >= 15 is 0 Å². The molecule has 0 fully saturated rings. The second-order valence-corrected chi connectivity index (χ2v) is 6.37. The lowest BCUT2D eigenvalue weighted by atomic mass is 10.1. The smallest absolute Gasteiger partial charge is 0.265 e. The van der Waals surface area contributed by atoms with E-state index in [4.69, 9.17) is 4.74 Å². The Morgan fingerprint density at radius 3 is 3.00 bits per heavy atom. The first-order chi connectivity index (χ1) is 12.5. The van der Waals surface area contributed by atoms with Crippen LogP contribution in [0.25, 0.3) is 0 Å². The zero-order valence-corrected chi connectivity index (χ0v) is 15.2. The highest BCUT2D eigenvalue weighted by atomic mass is 16.5. The third-order valence-corrected chi connectivity index (χ3v) is 4.20. The van der Waals surface area contributed by atoms with Crippen molar-refractivity contribution in [2.24, 2.45) is 0 Å². The predicted octanol–water partition coefficient (Wildman–Crippen LogP) is 1.60. The molecule has 0 unspecified atom stereocenters. The van der Waals surface area contributed by atoms with E-state index in [0.717, 1.165) is 18.5 Å². The van der Waals surface area contributed by atoms with E-state index < -0.39 is 0 Å². The van der Waals surface area contributed by atoms with Crippen LogP contribution >= 0.6 is 0 Å². The van der Waals surface area contributed by atoms with Crippen molar-refractivity contribution in [1.82, 2.24) is 20.1 Å². The third kappa shape index (κ3) is 3.68. The van der Waals surface area contributed by atoms with Gasteiger partial charge in [0.05, 0.1) is 11.7 Å². The molecule has 1 aliphatic rings. The van der Waals surface area contributed by atoms with Crippen LogP contribution < -0.4 is 15.0 Å². The van der Waals surface area contributed by atoms with E-state index in [1.807, 2.05) is 32.0 Å². The van der Waals surface area contributed by atoms with Gasteiger partial charge in [-0.15, -0.1) is 0 Å². The minimum atomic E-state index is -0.301. The molecule has 2 amide bonds. The summed E-state index contributed by atoms with van der Waals surface area (Å²) in [5, 5.41) is 7.07. The number of hydrogen-bond acceptors (Lipinski definition) is 5. The quantitative estimate of drug-likeness (QED) is 0.848. The van der Waals surface area contributed by atoms with Crippen molar-refractivity contribution in [2.75, 3.05) is 18.1 Å². The van der Waals surface area contributed by atoms with Gasteiger partial charge in [0.1, 0.15) is 24.4 Å². The number of nitrogens with zero attached hydrogens (tertiary/aromatic N) is 4. The molecule has 1 aromatic heterocycles. The van der Waals surface area contributed by atoms with Gasteiger partial charge in [0.15, 0.2) is 6.61 Å². The second kappa shape index (κ2) is 7.55. The van der Waals surface area contributed by atoms with Crippen molar-refractivity contribution in [3.05, 3.63) is 35.9 Å². The number of aromatic nitrogens is 3. The number of anilines is 1. The Morgan fingerprint density at radius 1 is 1.42 bits per heavy atom. The van der Waals surface area contributed by atoms with Crippen molar-refractivity contribution >= 4 is 17.5 Å². The van der Waals surface area contributed by atoms with E-state index in [9.17, 15) is 9.59 Å². The van der Waals surface area contributed by atoms with Gasteiger partial charge in [-0.05, 0) is 38.0 Å². The van der Waals surface area contributed by atoms with Crippen molar-refractivity contribution < 1.29 is 14.3 Å². The predicted molar refractivity (Wildman–Crippen MR) is 95.9 cm³/mol. The average molecular weight is 357 g/mol. The van der Waals surface area contributed by atoms with Gasteiger partial charge in [0.2, 0.25) is 5.91 Å². The minimum Gasteiger partial charge on any atom is -0.482 e. The normalized spacial score (nSPS) is 14.6. The Balaban J connectivity index is 1.71. The number of nitrogens with one attached hydrogen (secondary N) is 1. The SMILES string of the molecule is CCCn1ncnc1[C@@H](C)NC(=O)CN1C(=O)COc2ccc(C)cc21. The second-order valence-electron chi connectivity index (χ2n) is 6.37. The Morgan fingerprint density at radius 2 is 2.23 bits per heavy atom. The van der Waals surface area contributed by atoms with Gasteiger partial charge < -0.3 is 10.1 Å². The molecule has 138 valence electrons. The highest BCUT2D eigenvalue weighted by Crippen LogP contribution is 2.32. The molecule has 26 heavy (non-hydrogen) atoms. The molecule has 2 heterocycles. The van der Waals surface area contributed by atoms with Crippen LogP contribution in [0.1, 0.15) is 37.7 Å². The first-order valence-electron chi connectivity index (χ1n) is 8.70. The number of ether oxygens (including phenoxy) is 1. The van der Waals surface area contributed by atoms with Crippen LogP contribution in [0, 0.1) is 6.92 Å². The van der Waals surface area contributed by atoms with Crippen LogP contribution in [-0.2, 0) is 16.1 Å². The maximum absolute atomic E-state index is 12.5. The van der Waals surface area contributed by atoms with E-state index in [1.54, 1.807) is 4.68 Å². The molecule has 1 atom stereocenters. The van der Waals surface area contributed by atoms with Crippen LogP contribution in [0.2, 0.25) is 0 Å². The molecule has 3 rings (SSSR count). The van der Waals surface area contributed by atoms with Crippen molar-refractivity contribution in [3.63, 3.8) is 0 Å². The molecule has 0 bridgehead atoms. The van der Waals surface area contributed by atoms with Gasteiger partial charge in [0, 0.05) is 6.54 Å². The van der Waals surface area contributed by atoms with Crippen LogP contribution in [-0.4, -0.2) is 39.7 Å². The first-order valence-corrected chi connectivity index (χ1v) is 8.70. The molecule has 0 spiro atoms. The Kier molecular flexibility index (Phi) is 5.20. The molecular weight excluding hydrogens is 334 g/mol. The highest BCUT2D eigenvalue weighted by Gasteiger charge is 2.28. The lowest BCUT2D eigenvalue weighted by molar-refractivity contribution is -0.125. The van der Waals surface area contributed by atoms with E-state index in [0.29, 0.717) is 17.3 Å². The summed E-state index contributed by atoms with van der Waals surface area (Å²) in [5.41, 5.74) is 1.62. The summed E-state index contributed by atoms with van der Waals surface area (Å²) in [6.07, 6.45) is 2.41. The minimum absolute atomic E-state index is 0.0646. The molecule has 0 aliphatic carbocycles. The number of benzene rings is 1. The third-order valence-electron chi connectivity index (χ3n) is 4.20. The number of amides is 2. The number of carbonyl (C=O) groups is 2. The van der Waals surface area contributed by atoms with E-state index in [2.05, 4.69) is 22.3 Å². The monoisotopic (exact) mass is 357 g/mol. The van der Waals surface area contributed by atoms with Gasteiger partial charge >= 0.3 is 0 Å². The van der Waals surface area contributed by atoms with Crippen LogP contribution in [0.3, 0.4) is 0 Å². The fourth-order valence-corrected chi connectivity index (χ4v) is 2.97. The molecule has 2 aromatic rings. The van der Waals surface area contributed by atoms with Gasteiger partial charge in [-0.25, -0.2) is 9.67 Å². The summed E-state index contributed by atoms with van der Waals surface area (Å²) in [6, 6.07) is 5.28. The maximum Gasteiger partial charge on any atom is 0.265 e. The Bertz CT molecular complexity index is 817. The molecule has 1 aromatic carbocycles. The first kappa shape index (κ1) is 17.9. The van der Waals surface area contributed by atoms with Crippen molar-refractivity contribution in [2.45, 2.75) is 39.8 Å². The number of aryl methyl sites for hydroxylation is 2. The lowest BCUT2D eigenvalue weighted by Gasteiger charge is -2.29. The van der Waals surface area contributed by atoms with E-state index in [1.165, 1.54) is 11.2 Å². The largest absolute Gasteiger partial charge is 0.482 e. The summed E-state index contributed by atoms with van der Waals surface area (Å²) < 4.78 is 7.22. The zero-order valence-electron chi connectivity index (χ0n) is 15.2. The van der Waals surface area contributed by atoms with Crippen molar-refractivity contribution in [3.8, 4) is 5.75 Å². The van der Waals surface area contributed by atoms with Gasteiger partial charge in [0.25, 0.3) is 5.91 Å². The molecule has 1 N–H and O–H groups in total. The topological polar surface area (TPSA) is 89.4 Å². The Hall–Kier alpha value is -2.90. The van der Waals surface area contributed by atoms with Gasteiger partial charge in [-0.1, -0.05) is 13.0 Å². The van der Waals surface area contributed by atoms with Crippen LogP contribution in [0.4, 0.5) is 5.69 Å². The number of carbonyl (C=O) groups excluding carboxylic acids is 2. The van der Waals surface area contributed by atoms with Crippen LogP contribution in [0.15, 0.2) is 24.5 Å². The molecule has 0 saturated carbocycles. The molecule has 1 aliphatic heterocycles. The van der Waals surface area contributed by atoms with E-state index in [-0.39, 0.29) is 31.0 Å². The Labute approximate surface area is 152 Å². The summed E-state index contributed by atoms with van der Waals surface area (Å²) in [5.74, 6) is 0.815. The van der Waals surface area contributed by atoms with Crippen molar-refractivity contribution in [1.29, 1.82) is 0 Å². The van der Waals surface area contributed by atoms with Crippen LogP contribution in [0.5, 0.6) is 5.75 Å². The number of hydrogen-bond donors (Lipinski definition) is 1. The summed E-state index contributed by atoms with van der Waals surface area (Å²) in [6.45, 7) is 6.45. The van der Waals surface area contributed by atoms with Gasteiger partial charge in [-0.2, -0.15) is 5.10 Å². The molecule has 8 nitrogen and oxygen atoms in total. The summed E-state index contributed by atoms with van der Waals surface area (Å²) >= 11 is 0. The fourth-order valence-electron chi connectivity index (χ4n) is 2.97. The number of rotatable bonds is 6. The summed E-state index contributed by atoms with van der Waals surface area (Å²) in [4.78, 5) is 30.5. The standard InChI is InChI=1S/C18H23N5O3/c1-4-7-23-18(19-11-20-23)13(3)21-16(24)9-22-14-8-12(2)5-6-15(14)26-10-17(22)25/h5-6,8,11,13H,4,7,9-10H2,1-3H3,(H,21,24)/t13-/m1/s1. The highest BCUT2D eigenvalue weighted by molar-refractivity contribution is 6.02. The maximum atomic E-state index is 12.5. The molecule has 8 heteroatoms. The average Bonchev–Trinajstić information content (AvgIpc) is 3.06. The molecule has 0 radical (unpaired) electrons. The number of fused-ring (bicyclic) bond motifs is 1.